The molecule has 6 heteroatoms. The van der Waals surface area contributed by atoms with Crippen LogP contribution in [0.3, 0.4) is 0 Å². The highest BCUT2D eigenvalue weighted by molar-refractivity contribution is 5.78. The summed E-state index contributed by atoms with van der Waals surface area (Å²) >= 11 is 0. The Bertz CT molecular complexity index is 336. The second kappa shape index (κ2) is 6.22. The van der Waals surface area contributed by atoms with E-state index in [2.05, 4.69) is 15.4 Å². The molecule has 0 aliphatic heterocycles. The predicted octanol–water partition coefficient (Wildman–Crippen LogP) is -0.194. The Morgan fingerprint density at radius 1 is 1.69 bits per heavy atom. The average molecular weight is 225 g/mol. The molecule has 1 unspecified atom stereocenters. The first-order valence-corrected chi connectivity index (χ1v) is 5.45. The molecule has 1 heterocycles. The molecule has 0 bridgehead atoms. The molecule has 1 atom stereocenters. The van der Waals surface area contributed by atoms with Crippen molar-refractivity contribution in [2.24, 2.45) is 18.7 Å². The molecule has 1 amide bonds. The molecule has 6 nitrogen and oxygen atoms in total. The fraction of sp³-hybridized carbons (Fsp3) is 0.700. The first-order chi connectivity index (χ1) is 7.63. The number of rotatable bonds is 6. The molecule has 0 spiro atoms. The third-order valence-corrected chi connectivity index (χ3v) is 2.36. The monoisotopic (exact) mass is 225 g/mol. The maximum Gasteiger partial charge on any atom is 0.223 e. The molecule has 0 saturated heterocycles. The Balaban J connectivity index is 2.29. The van der Waals surface area contributed by atoms with Crippen LogP contribution in [0.1, 0.15) is 25.6 Å². The van der Waals surface area contributed by atoms with Crippen LogP contribution >= 0.6 is 0 Å². The van der Waals surface area contributed by atoms with E-state index < -0.39 is 0 Å². The van der Waals surface area contributed by atoms with Crippen molar-refractivity contribution >= 4 is 5.91 Å². The minimum Gasteiger partial charge on any atom is -0.348 e. The lowest BCUT2D eigenvalue weighted by Gasteiger charge is -2.10. The zero-order valence-corrected chi connectivity index (χ0v) is 9.81. The van der Waals surface area contributed by atoms with Crippen LogP contribution in [-0.2, 0) is 18.4 Å². The molecule has 1 aromatic rings. The normalized spacial score (nSPS) is 12.4. The number of nitrogens with zero attached hydrogens (tertiary/aromatic N) is 3. The number of carbonyl (C=O) groups excluding carboxylic acids is 1. The van der Waals surface area contributed by atoms with E-state index in [9.17, 15) is 4.79 Å². The van der Waals surface area contributed by atoms with Crippen LogP contribution < -0.4 is 11.1 Å². The predicted molar refractivity (Wildman–Crippen MR) is 60.3 cm³/mol. The topological polar surface area (TPSA) is 85.8 Å². The van der Waals surface area contributed by atoms with Crippen molar-refractivity contribution in [2.75, 3.05) is 6.54 Å². The van der Waals surface area contributed by atoms with Gasteiger partial charge < -0.3 is 11.1 Å². The van der Waals surface area contributed by atoms with Gasteiger partial charge in [0.05, 0.1) is 6.54 Å². The molecular formula is C10H19N5O. The van der Waals surface area contributed by atoms with Gasteiger partial charge in [-0.2, -0.15) is 5.10 Å². The largest absolute Gasteiger partial charge is 0.348 e. The van der Waals surface area contributed by atoms with Gasteiger partial charge in [0.25, 0.3) is 0 Å². The Kier molecular flexibility index (Phi) is 4.91. The Hall–Kier alpha value is -1.43. The van der Waals surface area contributed by atoms with Gasteiger partial charge in [-0.3, -0.25) is 9.48 Å². The lowest BCUT2D eigenvalue weighted by atomic mass is 10.1. The zero-order valence-electron chi connectivity index (χ0n) is 9.81. The summed E-state index contributed by atoms with van der Waals surface area (Å²) in [6.07, 6.45) is 3.30. The van der Waals surface area contributed by atoms with E-state index in [1.165, 1.54) is 0 Å². The fourth-order valence-electron chi connectivity index (χ4n) is 1.36. The van der Waals surface area contributed by atoms with Gasteiger partial charge in [0.1, 0.15) is 6.33 Å². The van der Waals surface area contributed by atoms with Gasteiger partial charge >= 0.3 is 0 Å². The number of hydrogen-bond donors (Lipinski definition) is 2. The summed E-state index contributed by atoms with van der Waals surface area (Å²) in [5, 5.41) is 6.88. The lowest BCUT2D eigenvalue weighted by molar-refractivity contribution is -0.124. The van der Waals surface area contributed by atoms with Crippen LogP contribution in [0.15, 0.2) is 6.33 Å². The molecule has 0 aliphatic carbocycles. The van der Waals surface area contributed by atoms with Crippen molar-refractivity contribution in [3.05, 3.63) is 12.2 Å². The molecule has 90 valence electrons. The summed E-state index contributed by atoms with van der Waals surface area (Å²) in [6.45, 7) is 2.91. The Morgan fingerprint density at radius 3 is 3.00 bits per heavy atom. The molecule has 0 aliphatic rings. The van der Waals surface area contributed by atoms with Crippen molar-refractivity contribution in [1.29, 1.82) is 0 Å². The van der Waals surface area contributed by atoms with E-state index in [0.717, 1.165) is 12.8 Å². The maximum atomic E-state index is 11.6. The highest BCUT2D eigenvalue weighted by atomic mass is 16.1. The average Bonchev–Trinajstić information content (AvgIpc) is 2.68. The third-order valence-electron chi connectivity index (χ3n) is 2.36. The SMILES string of the molecule is CC(CCCN)C(=O)NCc1ncn(C)n1. The molecule has 0 saturated carbocycles. The second-order valence-corrected chi connectivity index (χ2v) is 3.88. The minimum absolute atomic E-state index is 0.00716. The number of aromatic nitrogens is 3. The van der Waals surface area contributed by atoms with Crippen molar-refractivity contribution in [2.45, 2.75) is 26.3 Å². The van der Waals surface area contributed by atoms with E-state index in [4.69, 9.17) is 5.73 Å². The van der Waals surface area contributed by atoms with Crippen molar-refractivity contribution < 1.29 is 4.79 Å². The van der Waals surface area contributed by atoms with Gasteiger partial charge in [-0.15, -0.1) is 0 Å². The van der Waals surface area contributed by atoms with Gasteiger partial charge in [-0.05, 0) is 19.4 Å². The number of carbonyl (C=O) groups is 1. The van der Waals surface area contributed by atoms with Gasteiger partial charge in [0.15, 0.2) is 5.82 Å². The number of aryl methyl sites for hydroxylation is 1. The van der Waals surface area contributed by atoms with Gasteiger partial charge in [0.2, 0.25) is 5.91 Å². The van der Waals surface area contributed by atoms with Crippen LogP contribution in [0.5, 0.6) is 0 Å². The Morgan fingerprint density at radius 2 is 2.44 bits per heavy atom. The van der Waals surface area contributed by atoms with E-state index in [0.29, 0.717) is 18.9 Å². The van der Waals surface area contributed by atoms with Crippen molar-refractivity contribution in [3.8, 4) is 0 Å². The Labute approximate surface area is 95.2 Å². The quantitative estimate of drug-likeness (QED) is 0.702. The number of nitrogens with one attached hydrogen (secondary N) is 1. The van der Waals surface area contributed by atoms with Crippen LogP contribution in [0.4, 0.5) is 0 Å². The number of amides is 1. The number of hydrogen-bond acceptors (Lipinski definition) is 4. The molecule has 0 fully saturated rings. The smallest absolute Gasteiger partial charge is 0.223 e. The van der Waals surface area contributed by atoms with Crippen LogP contribution in [0, 0.1) is 5.92 Å². The first-order valence-electron chi connectivity index (χ1n) is 5.45. The van der Waals surface area contributed by atoms with Gasteiger partial charge in [-0.25, -0.2) is 4.98 Å². The van der Waals surface area contributed by atoms with Gasteiger partial charge in [0, 0.05) is 13.0 Å². The summed E-state index contributed by atoms with van der Waals surface area (Å²) in [5.41, 5.74) is 5.39. The molecule has 1 rings (SSSR count). The maximum absolute atomic E-state index is 11.6. The highest BCUT2D eigenvalue weighted by Gasteiger charge is 2.12. The molecule has 3 N–H and O–H groups in total. The fourth-order valence-corrected chi connectivity index (χ4v) is 1.36. The molecule has 16 heavy (non-hydrogen) atoms. The summed E-state index contributed by atoms with van der Waals surface area (Å²) < 4.78 is 1.61. The lowest BCUT2D eigenvalue weighted by Crippen LogP contribution is -2.29. The summed E-state index contributed by atoms with van der Waals surface area (Å²) in [6, 6.07) is 0. The zero-order chi connectivity index (χ0) is 12.0. The van der Waals surface area contributed by atoms with E-state index in [1.807, 2.05) is 6.92 Å². The summed E-state index contributed by atoms with van der Waals surface area (Å²) in [4.78, 5) is 15.6. The van der Waals surface area contributed by atoms with Crippen molar-refractivity contribution in [1.82, 2.24) is 20.1 Å². The third kappa shape index (κ3) is 3.98. The van der Waals surface area contributed by atoms with Crippen LogP contribution in [0.2, 0.25) is 0 Å². The van der Waals surface area contributed by atoms with Crippen LogP contribution in [0.25, 0.3) is 0 Å². The summed E-state index contributed by atoms with van der Waals surface area (Å²) in [7, 11) is 1.79. The molecule has 0 aromatic carbocycles. The second-order valence-electron chi connectivity index (χ2n) is 3.88. The highest BCUT2D eigenvalue weighted by Crippen LogP contribution is 2.04. The number of nitrogens with two attached hydrogens (primary N) is 1. The first kappa shape index (κ1) is 12.6. The molecular weight excluding hydrogens is 206 g/mol. The molecule has 0 radical (unpaired) electrons. The molecule has 1 aromatic heterocycles. The van der Waals surface area contributed by atoms with E-state index >= 15 is 0 Å². The van der Waals surface area contributed by atoms with Gasteiger partial charge in [-0.1, -0.05) is 6.92 Å². The van der Waals surface area contributed by atoms with E-state index in [-0.39, 0.29) is 11.8 Å². The van der Waals surface area contributed by atoms with E-state index in [1.54, 1.807) is 18.1 Å². The minimum atomic E-state index is -0.00716. The van der Waals surface area contributed by atoms with Crippen LogP contribution in [-0.4, -0.2) is 27.2 Å². The van der Waals surface area contributed by atoms with Crippen molar-refractivity contribution in [3.63, 3.8) is 0 Å². The standard InChI is InChI=1S/C10H19N5O/c1-8(4-3-5-11)10(16)12-6-9-13-7-15(2)14-9/h7-8H,3-6,11H2,1-2H3,(H,12,16). The summed E-state index contributed by atoms with van der Waals surface area (Å²) in [5.74, 6) is 0.648.